The van der Waals surface area contributed by atoms with Gasteiger partial charge in [0.2, 0.25) is 5.91 Å². The van der Waals surface area contributed by atoms with E-state index in [1.165, 1.54) is 12.1 Å². The fourth-order valence-corrected chi connectivity index (χ4v) is 2.66. The Hall–Kier alpha value is -2.62. The van der Waals surface area contributed by atoms with Gasteiger partial charge in [0, 0.05) is 22.7 Å². The third-order valence-corrected chi connectivity index (χ3v) is 4.06. The van der Waals surface area contributed by atoms with E-state index in [0.717, 1.165) is 29.7 Å². The molecule has 2 aromatic rings. The first kappa shape index (κ1) is 18.2. The lowest BCUT2D eigenvalue weighted by atomic mass is 10.2. The number of nitro benzene ring substituents is 1. The predicted octanol–water partition coefficient (Wildman–Crippen LogP) is 3.98. The summed E-state index contributed by atoms with van der Waals surface area (Å²) in [5.74, 6) is -0.787. The number of amides is 1. The van der Waals surface area contributed by atoms with Crippen LogP contribution in [0.3, 0.4) is 0 Å². The van der Waals surface area contributed by atoms with Crippen molar-refractivity contribution in [3.63, 3.8) is 0 Å². The molecule has 0 unspecified atom stereocenters. The molecule has 1 heterocycles. The number of alkyl halides is 3. The van der Waals surface area contributed by atoms with E-state index < -0.39 is 34.9 Å². The summed E-state index contributed by atoms with van der Waals surface area (Å²) in [7, 11) is 0. The Morgan fingerprint density at radius 1 is 1.38 bits per heavy atom. The minimum atomic E-state index is -4.61. The summed E-state index contributed by atoms with van der Waals surface area (Å²) in [5.41, 5.74) is -1.24. The number of nitrogens with zero attached hydrogens (tertiary/aromatic N) is 3. The molecular formula is C15H12ClF3N4O3. The fraction of sp³-hybridized carbons (Fsp3) is 0.333. The number of benzene rings is 1. The highest BCUT2D eigenvalue weighted by atomic mass is 35.5. The van der Waals surface area contributed by atoms with E-state index in [1.54, 1.807) is 0 Å². The van der Waals surface area contributed by atoms with Crippen LogP contribution in [0.5, 0.6) is 0 Å². The van der Waals surface area contributed by atoms with Gasteiger partial charge < -0.3 is 5.32 Å². The molecule has 1 saturated carbocycles. The van der Waals surface area contributed by atoms with Gasteiger partial charge in [-0.2, -0.15) is 18.3 Å². The Morgan fingerprint density at radius 2 is 2.08 bits per heavy atom. The zero-order chi connectivity index (χ0) is 19.1. The normalized spacial score (nSPS) is 14.3. The lowest BCUT2D eigenvalue weighted by Crippen LogP contribution is -2.21. The highest BCUT2D eigenvalue weighted by molar-refractivity contribution is 6.31. The molecular weight excluding hydrogens is 377 g/mol. The van der Waals surface area contributed by atoms with Gasteiger partial charge >= 0.3 is 6.18 Å². The van der Waals surface area contributed by atoms with Gasteiger partial charge in [0.05, 0.1) is 4.92 Å². The minimum Gasteiger partial charge on any atom is -0.319 e. The topological polar surface area (TPSA) is 90.1 Å². The molecule has 1 aromatic carbocycles. The number of anilines is 1. The maximum absolute atomic E-state index is 12.9. The molecule has 138 valence electrons. The van der Waals surface area contributed by atoms with Crippen LogP contribution >= 0.6 is 11.6 Å². The molecule has 0 saturated heterocycles. The van der Waals surface area contributed by atoms with Crippen LogP contribution in [0.2, 0.25) is 5.02 Å². The molecule has 1 aliphatic carbocycles. The molecule has 26 heavy (non-hydrogen) atoms. The van der Waals surface area contributed by atoms with E-state index in [-0.39, 0.29) is 16.6 Å². The number of nitrogens with one attached hydrogen (secondary N) is 1. The van der Waals surface area contributed by atoms with Gasteiger partial charge in [0.25, 0.3) is 5.69 Å². The largest absolute Gasteiger partial charge is 0.435 e. The van der Waals surface area contributed by atoms with Crippen molar-refractivity contribution >= 4 is 28.9 Å². The van der Waals surface area contributed by atoms with Crippen molar-refractivity contribution in [2.24, 2.45) is 0 Å². The number of carbonyl (C=O) groups is 1. The molecule has 1 aliphatic rings. The van der Waals surface area contributed by atoms with E-state index in [4.69, 9.17) is 11.6 Å². The summed E-state index contributed by atoms with van der Waals surface area (Å²) in [5, 5.41) is 16.9. The summed E-state index contributed by atoms with van der Waals surface area (Å²) in [6, 6.07) is 4.62. The van der Waals surface area contributed by atoms with Crippen LogP contribution in [0.25, 0.3) is 0 Å². The molecule has 11 heteroatoms. The molecule has 7 nitrogen and oxygen atoms in total. The molecule has 1 amide bonds. The Balaban J connectivity index is 1.81. The molecule has 0 spiro atoms. The number of hydrogen-bond acceptors (Lipinski definition) is 4. The van der Waals surface area contributed by atoms with Crippen molar-refractivity contribution in [2.45, 2.75) is 31.5 Å². The maximum Gasteiger partial charge on any atom is 0.435 e. The second-order valence-electron chi connectivity index (χ2n) is 5.85. The number of nitro groups is 1. The summed E-state index contributed by atoms with van der Waals surface area (Å²) in [4.78, 5) is 22.5. The van der Waals surface area contributed by atoms with Gasteiger partial charge in [-0.25, -0.2) is 0 Å². The Bertz CT molecular complexity index is 878. The molecule has 0 aliphatic heterocycles. The molecule has 0 atom stereocenters. The van der Waals surface area contributed by atoms with Crippen molar-refractivity contribution in [3.05, 3.63) is 50.8 Å². The summed E-state index contributed by atoms with van der Waals surface area (Å²) >= 11 is 5.70. The number of carbonyl (C=O) groups excluding carboxylic acids is 1. The SMILES string of the molecule is O=C(Cn1nc(C(F)(F)F)cc1C1CC1)Nc1ccc(Cl)cc1[N+](=O)[O-]. The van der Waals surface area contributed by atoms with Crippen molar-refractivity contribution < 1.29 is 22.9 Å². The number of hydrogen-bond donors (Lipinski definition) is 1. The number of aromatic nitrogens is 2. The van der Waals surface area contributed by atoms with Gasteiger partial charge in [0.1, 0.15) is 12.2 Å². The number of halogens is 4. The molecule has 3 rings (SSSR count). The first-order valence-corrected chi connectivity index (χ1v) is 7.91. The molecule has 1 aromatic heterocycles. The lowest BCUT2D eigenvalue weighted by Gasteiger charge is -2.09. The van der Waals surface area contributed by atoms with Crippen LogP contribution in [0.15, 0.2) is 24.3 Å². The zero-order valence-electron chi connectivity index (χ0n) is 13.1. The second-order valence-corrected chi connectivity index (χ2v) is 6.29. The quantitative estimate of drug-likeness (QED) is 0.619. The molecule has 1 fully saturated rings. The Morgan fingerprint density at radius 3 is 2.65 bits per heavy atom. The first-order chi connectivity index (χ1) is 12.1. The first-order valence-electron chi connectivity index (χ1n) is 7.54. The van der Waals surface area contributed by atoms with Gasteiger partial charge in [-0.05, 0) is 31.0 Å². The van der Waals surface area contributed by atoms with E-state index in [1.807, 2.05) is 0 Å². The maximum atomic E-state index is 12.9. The Labute approximate surface area is 149 Å². The van der Waals surface area contributed by atoms with Crippen LogP contribution < -0.4 is 5.32 Å². The van der Waals surface area contributed by atoms with Crippen LogP contribution in [-0.2, 0) is 17.5 Å². The highest BCUT2D eigenvalue weighted by Gasteiger charge is 2.38. The lowest BCUT2D eigenvalue weighted by molar-refractivity contribution is -0.383. The van der Waals surface area contributed by atoms with Crippen LogP contribution in [0.4, 0.5) is 24.5 Å². The number of rotatable bonds is 5. The smallest absolute Gasteiger partial charge is 0.319 e. The van der Waals surface area contributed by atoms with Crippen LogP contribution in [-0.4, -0.2) is 20.6 Å². The van der Waals surface area contributed by atoms with Crippen molar-refractivity contribution in [3.8, 4) is 0 Å². The standard InChI is InChI=1S/C15H12ClF3N4O3/c16-9-3-4-10(12(5-9)23(25)26)20-14(24)7-22-11(8-1-2-8)6-13(21-22)15(17,18)19/h3-6,8H,1-2,7H2,(H,20,24). The highest BCUT2D eigenvalue weighted by Crippen LogP contribution is 2.42. The van der Waals surface area contributed by atoms with E-state index >= 15 is 0 Å². The Kier molecular flexibility index (Phi) is 4.61. The van der Waals surface area contributed by atoms with Gasteiger partial charge in [-0.1, -0.05) is 11.6 Å². The average molecular weight is 389 g/mol. The van der Waals surface area contributed by atoms with Crippen molar-refractivity contribution in [2.75, 3.05) is 5.32 Å². The van der Waals surface area contributed by atoms with Crippen molar-refractivity contribution in [1.29, 1.82) is 0 Å². The fourth-order valence-electron chi connectivity index (χ4n) is 2.49. The van der Waals surface area contributed by atoms with Gasteiger partial charge in [0.15, 0.2) is 5.69 Å². The summed E-state index contributed by atoms with van der Waals surface area (Å²) in [6.45, 7) is -0.484. The van der Waals surface area contributed by atoms with Crippen LogP contribution in [0, 0.1) is 10.1 Å². The minimum absolute atomic E-state index is 0.0590. The van der Waals surface area contributed by atoms with E-state index in [0.29, 0.717) is 5.69 Å². The molecule has 0 radical (unpaired) electrons. The van der Waals surface area contributed by atoms with Crippen LogP contribution in [0.1, 0.15) is 30.1 Å². The molecule has 1 N–H and O–H groups in total. The zero-order valence-corrected chi connectivity index (χ0v) is 13.8. The third kappa shape index (κ3) is 3.96. The van der Waals surface area contributed by atoms with E-state index in [2.05, 4.69) is 10.4 Å². The van der Waals surface area contributed by atoms with Crippen molar-refractivity contribution in [1.82, 2.24) is 9.78 Å². The second kappa shape index (κ2) is 6.60. The van der Waals surface area contributed by atoms with Gasteiger partial charge in [-0.15, -0.1) is 0 Å². The van der Waals surface area contributed by atoms with Gasteiger partial charge in [-0.3, -0.25) is 19.6 Å². The monoisotopic (exact) mass is 388 g/mol. The summed E-state index contributed by atoms with van der Waals surface area (Å²) < 4.78 is 39.6. The average Bonchev–Trinajstić information content (AvgIpc) is 3.28. The molecule has 0 bridgehead atoms. The predicted molar refractivity (Wildman–Crippen MR) is 85.9 cm³/mol. The summed E-state index contributed by atoms with van der Waals surface area (Å²) in [6.07, 6.45) is -3.15. The third-order valence-electron chi connectivity index (χ3n) is 3.82. The van der Waals surface area contributed by atoms with E-state index in [9.17, 15) is 28.1 Å².